The number of aromatic hydroxyl groups is 1. The van der Waals surface area contributed by atoms with Crippen LogP contribution in [-0.4, -0.2) is 49.6 Å². The number of carbonyl (C=O) groups is 1. The van der Waals surface area contributed by atoms with Crippen molar-refractivity contribution >= 4 is 29.2 Å². The Morgan fingerprint density at radius 2 is 1.82 bits per heavy atom. The molecule has 0 radical (unpaired) electrons. The van der Waals surface area contributed by atoms with Crippen LogP contribution in [0.25, 0.3) is 11.0 Å². The van der Waals surface area contributed by atoms with Gasteiger partial charge in [-0.25, -0.2) is 0 Å². The molecule has 0 aliphatic heterocycles. The second-order valence-electron chi connectivity index (χ2n) is 6.22. The van der Waals surface area contributed by atoms with Gasteiger partial charge in [-0.3, -0.25) is 4.79 Å². The molecule has 3 aromatic rings. The summed E-state index contributed by atoms with van der Waals surface area (Å²) in [6.07, 6.45) is 1.42. The highest BCUT2D eigenvalue weighted by molar-refractivity contribution is 6.18. The Morgan fingerprint density at radius 3 is 2.43 bits per heavy atom. The molecule has 152 valence electrons. The molecule has 0 spiro atoms. The maximum atomic E-state index is 13.2. The first-order chi connectivity index (χ1) is 12.5. The number of phenols is 1. The zero-order valence-electron chi connectivity index (χ0n) is 16.1. The van der Waals surface area contributed by atoms with E-state index >= 15 is 0 Å². The highest BCUT2D eigenvalue weighted by Crippen LogP contribution is 2.35. The highest BCUT2D eigenvalue weighted by atomic mass is 35.5. The van der Waals surface area contributed by atoms with Crippen LogP contribution in [0.4, 0.5) is 0 Å². The predicted octanol–water partition coefficient (Wildman–Crippen LogP) is 3.05. The minimum Gasteiger partial charge on any atom is -0.508 e. The number of methoxy groups -OCH3 is 2. The van der Waals surface area contributed by atoms with Gasteiger partial charge in [-0.2, -0.15) is 0 Å². The lowest BCUT2D eigenvalue weighted by Crippen LogP contribution is -2.12. The second-order valence-corrected chi connectivity index (χ2v) is 6.22. The van der Waals surface area contributed by atoms with E-state index in [4.69, 9.17) is 13.9 Å². The molecule has 28 heavy (non-hydrogen) atoms. The fourth-order valence-corrected chi connectivity index (χ4v) is 2.97. The van der Waals surface area contributed by atoms with E-state index in [0.29, 0.717) is 45.7 Å². The minimum absolute atomic E-state index is 0. The molecule has 1 aromatic heterocycles. The van der Waals surface area contributed by atoms with E-state index in [1.165, 1.54) is 20.5 Å². The molecule has 0 saturated carbocycles. The summed E-state index contributed by atoms with van der Waals surface area (Å²) in [5.74, 6) is 0.863. The zero-order chi connectivity index (χ0) is 18.8. The van der Waals surface area contributed by atoms with Gasteiger partial charge in [-0.05, 0) is 44.4 Å². The first-order valence-electron chi connectivity index (χ1n) is 8.09. The van der Waals surface area contributed by atoms with E-state index in [0.717, 1.165) is 0 Å². The maximum Gasteiger partial charge on any atom is 0.200 e. The fraction of sp³-hybridized carbons (Fsp3) is 0.250. The Bertz CT molecular complexity index is 967. The Hall–Kier alpha value is -2.74. The number of halogens is 1. The van der Waals surface area contributed by atoms with Crippen LogP contribution in [-0.2, 0) is 6.54 Å². The summed E-state index contributed by atoms with van der Waals surface area (Å²) in [5, 5.41) is 10.9. The van der Waals surface area contributed by atoms with E-state index in [-0.39, 0.29) is 29.4 Å². The van der Waals surface area contributed by atoms with Crippen molar-refractivity contribution in [3.8, 4) is 17.2 Å². The van der Waals surface area contributed by atoms with Gasteiger partial charge in [-0.1, -0.05) is 0 Å². The number of hydrogen-bond donors (Lipinski definition) is 1. The van der Waals surface area contributed by atoms with Gasteiger partial charge in [0.2, 0.25) is 5.78 Å². The highest BCUT2D eigenvalue weighted by Gasteiger charge is 2.23. The number of phenolic OH excluding ortho intramolecular Hbond substituents is 1. The summed E-state index contributed by atoms with van der Waals surface area (Å²) in [4.78, 5) is 15.1. The molecule has 0 aliphatic rings. The maximum absolute atomic E-state index is 13.2. The lowest BCUT2D eigenvalue weighted by Gasteiger charge is -2.13. The van der Waals surface area contributed by atoms with E-state index in [1.807, 2.05) is 19.0 Å². The monoisotopic (exact) mass is 409 g/mol. The fourth-order valence-electron chi connectivity index (χ4n) is 2.97. The van der Waals surface area contributed by atoms with Crippen LogP contribution in [0.1, 0.15) is 21.5 Å². The number of fused-ring (bicyclic) bond motifs is 1. The SMILES string of the molecule is COc1ccc(OC)c(C(=O)c2coc3ccc(O)c(CN(C)C)c23)c1.Cl.O. The molecule has 7 nitrogen and oxygen atoms in total. The van der Waals surface area contributed by atoms with Crippen molar-refractivity contribution < 1.29 is 29.3 Å². The molecule has 1 heterocycles. The zero-order valence-corrected chi connectivity index (χ0v) is 16.9. The van der Waals surface area contributed by atoms with Gasteiger partial charge in [-0.15, -0.1) is 12.4 Å². The normalized spacial score (nSPS) is 10.3. The number of rotatable bonds is 6. The van der Waals surface area contributed by atoms with Gasteiger partial charge in [0.05, 0.1) is 25.3 Å². The Balaban J connectivity index is 0.00000196. The predicted molar refractivity (Wildman–Crippen MR) is 109 cm³/mol. The Kier molecular flexibility index (Phi) is 7.87. The van der Waals surface area contributed by atoms with Gasteiger partial charge >= 0.3 is 0 Å². The van der Waals surface area contributed by atoms with Gasteiger partial charge in [0.25, 0.3) is 0 Å². The van der Waals surface area contributed by atoms with Crippen molar-refractivity contribution in [2.45, 2.75) is 6.54 Å². The number of carbonyl (C=O) groups excluding carboxylic acids is 1. The van der Waals surface area contributed by atoms with Crippen molar-refractivity contribution in [1.82, 2.24) is 4.90 Å². The Labute approximate surface area is 169 Å². The largest absolute Gasteiger partial charge is 0.508 e. The van der Waals surface area contributed by atoms with Gasteiger partial charge < -0.3 is 29.4 Å². The molecular weight excluding hydrogens is 386 g/mol. The van der Waals surface area contributed by atoms with Crippen molar-refractivity contribution in [3.05, 3.63) is 53.3 Å². The number of hydrogen-bond acceptors (Lipinski definition) is 6. The lowest BCUT2D eigenvalue weighted by molar-refractivity contribution is 0.103. The average Bonchev–Trinajstić information content (AvgIpc) is 3.07. The summed E-state index contributed by atoms with van der Waals surface area (Å²) in [5.41, 5.74) is 1.93. The van der Waals surface area contributed by atoms with Crippen molar-refractivity contribution in [1.29, 1.82) is 0 Å². The smallest absolute Gasteiger partial charge is 0.200 e. The van der Waals surface area contributed by atoms with Crippen LogP contribution in [0.15, 0.2) is 41.0 Å². The third-order valence-electron chi connectivity index (χ3n) is 4.19. The topological polar surface area (TPSA) is 104 Å². The molecule has 2 aromatic carbocycles. The molecule has 3 rings (SSSR count). The summed E-state index contributed by atoms with van der Waals surface area (Å²) < 4.78 is 16.1. The van der Waals surface area contributed by atoms with E-state index in [2.05, 4.69) is 0 Å². The number of nitrogens with zero attached hydrogens (tertiary/aromatic N) is 1. The van der Waals surface area contributed by atoms with E-state index < -0.39 is 0 Å². The Morgan fingerprint density at radius 1 is 1.11 bits per heavy atom. The van der Waals surface area contributed by atoms with Gasteiger partial charge in [0.1, 0.15) is 29.1 Å². The minimum atomic E-state index is -0.259. The molecule has 0 fully saturated rings. The standard InChI is InChI=1S/C20H21NO5.ClH.H2O/c1-21(2)10-14-16(22)6-8-18-19(14)15(11-26-18)20(23)13-9-12(24-3)5-7-17(13)25-4;;/h5-9,11,22H,10H2,1-4H3;1H;1H2. The van der Waals surface area contributed by atoms with Crippen molar-refractivity contribution in [2.75, 3.05) is 28.3 Å². The summed E-state index contributed by atoms with van der Waals surface area (Å²) in [6.45, 7) is 0.470. The van der Waals surface area contributed by atoms with E-state index in [9.17, 15) is 9.90 Å². The molecule has 3 N–H and O–H groups in total. The van der Waals surface area contributed by atoms with Crippen LogP contribution in [0, 0.1) is 0 Å². The molecular formula is C20H24ClNO6. The van der Waals surface area contributed by atoms with Crippen molar-refractivity contribution in [2.24, 2.45) is 0 Å². The summed E-state index contributed by atoms with van der Waals surface area (Å²) in [6, 6.07) is 8.28. The van der Waals surface area contributed by atoms with Crippen LogP contribution in [0.3, 0.4) is 0 Å². The number of benzene rings is 2. The van der Waals surface area contributed by atoms with Crippen molar-refractivity contribution in [3.63, 3.8) is 0 Å². The quantitative estimate of drug-likeness (QED) is 0.627. The molecule has 0 unspecified atom stereocenters. The second kappa shape index (κ2) is 9.45. The summed E-state index contributed by atoms with van der Waals surface area (Å²) >= 11 is 0. The molecule has 0 saturated heterocycles. The average molecular weight is 410 g/mol. The number of ether oxygens (including phenoxy) is 2. The van der Waals surface area contributed by atoms with Crippen LogP contribution < -0.4 is 9.47 Å². The molecule has 0 amide bonds. The van der Waals surface area contributed by atoms with Crippen LogP contribution >= 0.6 is 12.4 Å². The van der Waals surface area contributed by atoms with Gasteiger partial charge in [0, 0.05) is 17.5 Å². The molecule has 0 aliphatic carbocycles. The third kappa shape index (κ3) is 4.22. The van der Waals surface area contributed by atoms with E-state index in [1.54, 1.807) is 30.3 Å². The van der Waals surface area contributed by atoms with Gasteiger partial charge in [0.15, 0.2) is 0 Å². The summed E-state index contributed by atoms with van der Waals surface area (Å²) in [7, 11) is 6.84. The number of ketones is 1. The first kappa shape index (κ1) is 23.3. The first-order valence-corrected chi connectivity index (χ1v) is 8.09. The van der Waals surface area contributed by atoms with Crippen LogP contribution in [0.5, 0.6) is 17.2 Å². The third-order valence-corrected chi connectivity index (χ3v) is 4.19. The molecule has 0 bridgehead atoms. The lowest BCUT2D eigenvalue weighted by atomic mass is 9.98. The number of furan rings is 1. The van der Waals surface area contributed by atoms with Crippen LogP contribution in [0.2, 0.25) is 0 Å². The molecule has 0 atom stereocenters. The molecule has 8 heteroatoms.